The molecule has 0 fully saturated rings. The second-order valence-corrected chi connectivity index (χ2v) is 7.93. The average molecular weight is 394 g/mol. The van der Waals surface area contributed by atoms with Gasteiger partial charge in [0.05, 0.1) is 24.3 Å². The van der Waals surface area contributed by atoms with Crippen LogP contribution in [0.1, 0.15) is 35.0 Å². The number of nitrogens with one attached hydrogen (secondary N) is 1. The molecule has 2 aromatic carbocycles. The van der Waals surface area contributed by atoms with E-state index in [1.165, 1.54) is 11.3 Å². The summed E-state index contributed by atoms with van der Waals surface area (Å²) < 4.78 is 5.81. The van der Waals surface area contributed by atoms with Crippen LogP contribution in [0.25, 0.3) is 11.0 Å². The predicted molar refractivity (Wildman–Crippen MR) is 113 cm³/mol. The normalized spacial score (nSPS) is 14.1. The Balaban J connectivity index is 1.76. The number of hydrogen-bond acceptors (Lipinski definition) is 5. The van der Waals surface area contributed by atoms with Gasteiger partial charge in [-0.05, 0) is 56.5 Å². The minimum Gasteiger partial charge on any atom is -0.461 e. The summed E-state index contributed by atoms with van der Waals surface area (Å²) in [5.41, 5.74) is 3.49. The molecule has 0 atom stereocenters. The van der Waals surface area contributed by atoms with Crippen LogP contribution in [0, 0.1) is 6.92 Å². The lowest BCUT2D eigenvalue weighted by Gasteiger charge is -2.31. The molecule has 3 aromatic rings. The van der Waals surface area contributed by atoms with Crippen molar-refractivity contribution in [2.24, 2.45) is 0 Å². The summed E-state index contributed by atoms with van der Waals surface area (Å²) in [6.45, 7) is 3.53. The summed E-state index contributed by atoms with van der Waals surface area (Å²) in [5.74, 6) is 0.134. The first-order chi connectivity index (χ1) is 14.0. The molecule has 1 amide bonds. The molecule has 0 aliphatic carbocycles. The van der Waals surface area contributed by atoms with Crippen molar-refractivity contribution in [2.75, 3.05) is 24.7 Å². The highest BCUT2D eigenvalue weighted by molar-refractivity contribution is 6.08. The van der Waals surface area contributed by atoms with E-state index in [-0.39, 0.29) is 19.1 Å². The van der Waals surface area contributed by atoms with E-state index in [0.29, 0.717) is 16.9 Å². The molecule has 0 unspecified atom stereocenters. The van der Waals surface area contributed by atoms with Crippen molar-refractivity contribution in [1.29, 1.82) is 0 Å². The van der Waals surface area contributed by atoms with Gasteiger partial charge in [0.15, 0.2) is 0 Å². The second kappa shape index (κ2) is 7.54. The molecule has 1 aliphatic rings. The molecule has 6 nitrogen and oxygen atoms in total. The number of nitrogens with zero attached hydrogens (tertiary/aromatic N) is 1. The summed E-state index contributed by atoms with van der Waals surface area (Å²) in [4.78, 5) is 15.2. The van der Waals surface area contributed by atoms with E-state index in [1.807, 2.05) is 24.3 Å². The van der Waals surface area contributed by atoms with Crippen LogP contribution in [-0.4, -0.2) is 41.4 Å². The first-order valence-corrected chi connectivity index (χ1v) is 9.88. The van der Waals surface area contributed by atoms with E-state index in [2.05, 4.69) is 28.4 Å². The monoisotopic (exact) mass is 394 g/mol. The van der Waals surface area contributed by atoms with Gasteiger partial charge in [-0.2, -0.15) is 0 Å². The molecule has 0 saturated heterocycles. The summed E-state index contributed by atoms with van der Waals surface area (Å²) in [5, 5.41) is 22.5. The van der Waals surface area contributed by atoms with Gasteiger partial charge in [0.25, 0.3) is 5.91 Å². The largest absolute Gasteiger partial charge is 0.461 e. The molecule has 152 valence electrons. The maximum Gasteiger partial charge on any atom is 0.256 e. The maximum absolute atomic E-state index is 13.0. The summed E-state index contributed by atoms with van der Waals surface area (Å²) >= 11 is 0. The zero-order valence-electron chi connectivity index (χ0n) is 16.7. The van der Waals surface area contributed by atoms with Crippen LogP contribution in [0.15, 0.2) is 46.9 Å². The molecular weight excluding hydrogens is 368 g/mol. The fourth-order valence-electron chi connectivity index (χ4n) is 3.93. The number of benzene rings is 2. The quantitative estimate of drug-likeness (QED) is 0.618. The van der Waals surface area contributed by atoms with Gasteiger partial charge in [0.1, 0.15) is 11.3 Å². The number of aliphatic hydroxyl groups is 2. The number of furan rings is 1. The number of carbonyl (C=O) groups excluding carboxylic acids is 1. The number of carbonyl (C=O) groups is 1. The van der Waals surface area contributed by atoms with Gasteiger partial charge in [-0.15, -0.1) is 0 Å². The van der Waals surface area contributed by atoms with Crippen LogP contribution in [-0.2, 0) is 6.42 Å². The zero-order chi connectivity index (χ0) is 20.6. The zero-order valence-corrected chi connectivity index (χ0v) is 16.7. The van der Waals surface area contributed by atoms with Crippen molar-refractivity contribution in [3.05, 3.63) is 59.4 Å². The minimum absolute atomic E-state index is 0.361. The Hall–Kier alpha value is -2.83. The van der Waals surface area contributed by atoms with Gasteiger partial charge in [-0.3, -0.25) is 4.79 Å². The Kier molecular flexibility index (Phi) is 5.06. The molecule has 6 heteroatoms. The molecule has 29 heavy (non-hydrogen) atoms. The lowest BCUT2D eigenvalue weighted by molar-refractivity contribution is 0.0723. The van der Waals surface area contributed by atoms with Gasteiger partial charge in [0, 0.05) is 23.3 Å². The van der Waals surface area contributed by atoms with Gasteiger partial charge < -0.3 is 24.8 Å². The molecule has 3 N–H and O–H groups in total. The number of hydrogen-bond donors (Lipinski definition) is 3. The maximum atomic E-state index is 13.0. The van der Waals surface area contributed by atoms with Crippen LogP contribution in [0.5, 0.6) is 0 Å². The van der Waals surface area contributed by atoms with Gasteiger partial charge in [0.2, 0.25) is 0 Å². The Morgan fingerprint density at radius 3 is 2.72 bits per heavy atom. The average Bonchev–Trinajstić information content (AvgIpc) is 3.08. The number of rotatable bonds is 5. The number of anilines is 2. The minimum atomic E-state index is -1.10. The number of fused-ring (bicyclic) bond motifs is 2. The lowest BCUT2D eigenvalue weighted by atomic mass is 10.00. The highest BCUT2D eigenvalue weighted by atomic mass is 16.3. The van der Waals surface area contributed by atoms with E-state index in [4.69, 9.17) is 4.42 Å². The number of para-hydroxylation sites is 1. The standard InChI is InChI=1S/C23H26N2O4/c1-15-21(22(28)24-23(2,13-26)14-27)18-12-17(9-10-20(18)29-15)25-11-5-7-16-6-3-4-8-19(16)25/h3-4,6,8-10,12,26-27H,5,7,11,13-14H2,1-2H3,(H,24,28). The third kappa shape index (κ3) is 3.50. The number of amides is 1. The smallest absolute Gasteiger partial charge is 0.256 e. The van der Waals surface area contributed by atoms with Crippen LogP contribution in [0.2, 0.25) is 0 Å². The molecule has 0 spiro atoms. The van der Waals surface area contributed by atoms with E-state index in [1.54, 1.807) is 13.8 Å². The van der Waals surface area contributed by atoms with Crippen molar-refractivity contribution in [3.63, 3.8) is 0 Å². The number of aliphatic hydroxyl groups excluding tert-OH is 2. The summed E-state index contributed by atoms with van der Waals surface area (Å²) in [7, 11) is 0. The van der Waals surface area contributed by atoms with Crippen molar-refractivity contribution >= 4 is 28.3 Å². The van der Waals surface area contributed by atoms with Crippen LogP contribution < -0.4 is 10.2 Å². The van der Waals surface area contributed by atoms with Crippen molar-refractivity contribution in [2.45, 2.75) is 32.2 Å². The summed E-state index contributed by atoms with van der Waals surface area (Å²) in [6, 6.07) is 14.3. The lowest BCUT2D eigenvalue weighted by Crippen LogP contribution is -2.51. The predicted octanol–water partition coefficient (Wildman–Crippen LogP) is 3.30. The Morgan fingerprint density at radius 2 is 1.97 bits per heavy atom. The molecule has 0 saturated carbocycles. The highest BCUT2D eigenvalue weighted by Crippen LogP contribution is 2.36. The third-order valence-electron chi connectivity index (χ3n) is 5.61. The highest BCUT2D eigenvalue weighted by Gasteiger charge is 2.28. The van der Waals surface area contributed by atoms with E-state index in [0.717, 1.165) is 30.5 Å². The van der Waals surface area contributed by atoms with E-state index >= 15 is 0 Å². The van der Waals surface area contributed by atoms with Crippen molar-refractivity contribution < 1.29 is 19.4 Å². The molecular formula is C23H26N2O4. The molecule has 1 aromatic heterocycles. The van der Waals surface area contributed by atoms with Crippen molar-refractivity contribution in [1.82, 2.24) is 5.32 Å². The van der Waals surface area contributed by atoms with Gasteiger partial charge in [-0.25, -0.2) is 0 Å². The Labute approximate surface area is 169 Å². The first-order valence-electron chi connectivity index (χ1n) is 9.88. The summed E-state index contributed by atoms with van der Waals surface area (Å²) in [6.07, 6.45) is 2.13. The van der Waals surface area contributed by atoms with Crippen LogP contribution >= 0.6 is 0 Å². The number of aryl methyl sites for hydroxylation is 2. The fourth-order valence-corrected chi connectivity index (χ4v) is 3.93. The van der Waals surface area contributed by atoms with Gasteiger partial charge >= 0.3 is 0 Å². The topological polar surface area (TPSA) is 85.9 Å². The Bertz CT molecular complexity index is 1050. The van der Waals surface area contributed by atoms with Crippen molar-refractivity contribution in [3.8, 4) is 0 Å². The second-order valence-electron chi connectivity index (χ2n) is 7.93. The first kappa shape index (κ1) is 19.5. The molecule has 0 bridgehead atoms. The molecule has 0 radical (unpaired) electrons. The third-order valence-corrected chi connectivity index (χ3v) is 5.61. The fraction of sp³-hybridized carbons (Fsp3) is 0.348. The molecule has 1 aliphatic heterocycles. The van der Waals surface area contributed by atoms with E-state index < -0.39 is 5.54 Å². The Morgan fingerprint density at radius 1 is 1.21 bits per heavy atom. The van der Waals surface area contributed by atoms with Crippen LogP contribution in [0.4, 0.5) is 11.4 Å². The molecule has 4 rings (SSSR count). The molecule has 2 heterocycles. The van der Waals surface area contributed by atoms with Crippen LogP contribution in [0.3, 0.4) is 0 Å². The SMILES string of the molecule is Cc1oc2ccc(N3CCCc4ccccc43)cc2c1C(=O)NC(C)(CO)CO. The van der Waals surface area contributed by atoms with Gasteiger partial charge in [-0.1, -0.05) is 18.2 Å². The van der Waals surface area contributed by atoms with E-state index in [9.17, 15) is 15.0 Å².